The van der Waals surface area contributed by atoms with Crippen LogP contribution >= 0.6 is 0 Å². The van der Waals surface area contributed by atoms with Crippen molar-refractivity contribution in [2.75, 3.05) is 6.61 Å². The standard InChI is InChI=1S/C15H20O2/c1-12-4-2-7-15(10-12)17-9-8-14(16)11-13-5-3-6-13/h2,4,7,10,13H,3,5-6,8-9,11H2,1H3. The van der Waals surface area contributed by atoms with Gasteiger partial charge in [0.05, 0.1) is 6.61 Å². The maximum Gasteiger partial charge on any atom is 0.136 e. The van der Waals surface area contributed by atoms with Crippen LogP contribution in [0.5, 0.6) is 5.75 Å². The van der Waals surface area contributed by atoms with Gasteiger partial charge < -0.3 is 4.74 Å². The van der Waals surface area contributed by atoms with Crippen LogP contribution in [-0.2, 0) is 4.79 Å². The van der Waals surface area contributed by atoms with Crippen LogP contribution in [0.15, 0.2) is 24.3 Å². The highest BCUT2D eigenvalue weighted by Crippen LogP contribution is 2.29. The van der Waals surface area contributed by atoms with Crippen LogP contribution in [0, 0.1) is 12.8 Å². The van der Waals surface area contributed by atoms with Crippen LogP contribution in [-0.4, -0.2) is 12.4 Å². The summed E-state index contributed by atoms with van der Waals surface area (Å²) in [5, 5.41) is 0. The minimum atomic E-state index is 0.349. The van der Waals surface area contributed by atoms with E-state index in [1.165, 1.54) is 24.8 Å². The van der Waals surface area contributed by atoms with E-state index in [4.69, 9.17) is 4.74 Å². The molecule has 1 fully saturated rings. The number of rotatable bonds is 6. The molecular formula is C15H20O2. The number of hydrogen-bond donors (Lipinski definition) is 0. The summed E-state index contributed by atoms with van der Waals surface area (Å²) < 4.78 is 5.57. The number of ketones is 1. The van der Waals surface area contributed by atoms with E-state index < -0.39 is 0 Å². The number of carbonyl (C=O) groups is 1. The Kier molecular flexibility index (Phi) is 4.18. The highest BCUT2D eigenvalue weighted by molar-refractivity contribution is 5.78. The van der Waals surface area contributed by atoms with Gasteiger partial charge in [-0.25, -0.2) is 0 Å². The first-order valence-corrected chi connectivity index (χ1v) is 6.45. The van der Waals surface area contributed by atoms with Gasteiger partial charge in [-0.15, -0.1) is 0 Å². The van der Waals surface area contributed by atoms with Crippen molar-refractivity contribution >= 4 is 5.78 Å². The van der Waals surface area contributed by atoms with E-state index in [0.717, 1.165) is 12.2 Å². The van der Waals surface area contributed by atoms with Crippen LogP contribution in [0.3, 0.4) is 0 Å². The molecule has 0 bridgehead atoms. The predicted octanol–water partition coefficient (Wildman–Crippen LogP) is 3.52. The van der Waals surface area contributed by atoms with Crippen LogP contribution in [0.2, 0.25) is 0 Å². The van der Waals surface area contributed by atoms with Crippen molar-refractivity contribution in [3.05, 3.63) is 29.8 Å². The van der Waals surface area contributed by atoms with Crippen molar-refractivity contribution in [3.8, 4) is 5.75 Å². The van der Waals surface area contributed by atoms with E-state index in [1.807, 2.05) is 31.2 Å². The monoisotopic (exact) mass is 232 g/mol. The lowest BCUT2D eigenvalue weighted by molar-refractivity contribution is -0.121. The summed E-state index contributed by atoms with van der Waals surface area (Å²) in [6.07, 6.45) is 5.09. The van der Waals surface area contributed by atoms with E-state index in [0.29, 0.717) is 24.7 Å². The maximum atomic E-state index is 11.6. The van der Waals surface area contributed by atoms with Gasteiger partial charge in [-0.2, -0.15) is 0 Å². The lowest BCUT2D eigenvalue weighted by Gasteiger charge is -2.24. The maximum absolute atomic E-state index is 11.6. The molecule has 1 aliphatic carbocycles. The van der Waals surface area contributed by atoms with Gasteiger partial charge in [0.15, 0.2) is 0 Å². The topological polar surface area (TPSA) is 26.3 Å². The Labute approximate surface area is 103 Å². The van der Waals surface area contributed by atoms with E-state index in [2.05, 4.69) is 0 Å². The Morgan fingerprint density at radius 1 is 1.41 bits per heavy atom. The van der Waals surface area contributed by atoms with Crippen LogP contribution < -0.4 is 4.74 Å². The van der Waals surface area contributed by atoms with Crippen LogP contribution in [0.4, 0.5) is 0 Å². The molecule has 0 N–H and O–H groups in total. The third-order valence-corrected chi connectivity index (χ3v) is 3.38. The molecule has 1 aromatic carbocycles. The van der Waals surface area contributed by atoms with Crippen molar-refractivity contribution < 1.29 is 9.53 Å². The van der Waals surface area contributed by atoms with Crippen molar-refractivity contribution in [1.82, 2.24) is 0 Å². The second-order valence-electron chi connectivity index (χ2n) is 4.95. The molecule has 1 aliphatic rings. The Bertz CT molecular complexity index is 380. The van der Waals surface area contributed by atoms with Gasteiger partial charge >= 0.3 is 0 Å². The fraction of sp³-hybridized carbons (Fsp3) is 0.533. The largest absolute Gasteiger partial charge is 0.493 e. The second-order valence-corrected chi connectivity index (χ2v) is 4.95. The third-order valence-electron chi connectivity index (χ3n) is 3.38. The Balaban J connectivity index is 1.66. The van der Waals surface area contributed by atoms with Crippen molar-refractivity contribution in [3.63, 3.8) is 0 Å². The van der Waals surface area contributed by atoms with E-state index in [-0.39, 0.29) is 0 Å². The molecule has 2 rings (SSSR count). The summed E-state index contributed by atoms with van der Waals surface area (Å²) in [6, 6.07) is 7.94. The second kappa shape index (κ2) is 5.85. The van der Waals surface area contributed by atoms with E-state index >= 15 is 0 Å². The van der Waals surface area contributed by atoms with Gasteiger partial charge in [0.1, 0.15) is 11.5 Å². The molecule has 0 spiro atoms. The lowest BCUT2D eigenvalue weighted by Crippen LogP contribution is -2.17. The molecule has 92 valence electrons. The molecule has 2 nitrogen and oxygen atoms in total. The fourth-order valence-corrected chi connectivity index (χ4v) is 2.11. The fourth-order valence-electron chi connectivity index (χ4n) is 2.11. The summed E-state index contributed by atoms with van der Waals surface area (Å²) >= 11 is 0. The lowest BCUT2D eigenvalue weighted by atomic mass is 9.81. The van der Waals surface area contributed by atoms with Gasteiger partial charge in [0.25, 0.3) is 0 Å². The number of aryl methyl sites for hydroxylation is 1. The van der Waals surface area contributed by atoms with Crippen LogP contribution in [0.1, 0.15) is 37.7 Å². The molecular weight excluding hydrogens is 212 g/mol. The highest BCUT2D eigenvalue weighted by atomic mass is 16.5. The molecule has 0 heterocycles. The summed E-state index contributed by atoms with van der Waals surface area (Å²) in [5.74, 6) is 1.88. The normalized spacial score (nSPS) is 15.4. The molecule has 0 aliphatic heterocycles. The molecule has 0 aromatic heterocycles. The summed E-state index contributed by atoms with van der Waals surface area (Å²) in [6.45, 7) is 2.55. The molecule has 0 radical (unpaired) electrons. The number of carbonyl (C=O) groups excluding carboxylic acids is 1. The van der Waals surface area contributed by atoms with Gasteiger partial charge in [-0.3, -0.25) is 4.79 Å². The smallest absolute Gasteiger partial charge is 0.136 e. The van der Waals surface area contributed by atoms with Gasteiger partial charge in [-0.1, -0.05) is 31.4 Å². The zero-order chi connectivity index (χ0) is 12.1. The van der Waals surface area contributed by atoms with Crippen LogP contribution in [0.25, 0.3) is 0 Å². The van der Waals surface area contributed by atoms with Gasteiger partial charge in [0, 0.05) is 12.8 Å². The minimum absolute atomic E-state index is 0.349. The SMILES string of the molecule is Cc1cccc(OCCC(=O)CC2CCC2)c1. The van der Waals surface area contributed by atoms with Crippen molar-refractivity contribution in [1.29, 1.82) is 0 Å². The molecule has 0 unspecified atom stereocenters. The first-order valence-electron chi connectivity index (χ1n) is 6.45. The quantitative estimate of drug-likeness (QED) is 0.750. The Morgan fingerprint density at radius 2 is 2.24 bits per heavy atom. The average molecular weight is 232 g/mol. The molecule has 0 amide bonds. The number of ether oxygens (including phenoxy) is 1. The first-order chi connectivity index (χ1) is 8.24. The molecule has 0 atom stereocenters. The molecule has 2 heteroatoms. The molecule has 1 aromatic rings. The van der Waals surface area contributed by atoms with Gasteiger partial charge in [-0.05, 0) is 30.5 Å². The average Bonchev–Trinajstić information content (AvgIpc) is 2.24. The van der Waals surface area contributed by atoms with E-state index in [1.54, 1.807) is 0 Å². The van der Waals surface area contributed by atoms with Crippen molar-refractivity contribution in [2.24, 2.45) is 5.92 Å². The number of Topliss-reactive ketones (excluding diaryl/α,β-unsaturated/α-hetero) is 1. The highest BCUT2D eigenvalue weighted by Gasteiger charge is 2.20. The predicted molar refractivity (Wildman–Crippen MR) is 68.3 cm³/mol. The zero-order valence-corrected chi connectivity index (χ0v) is 10.4. The third kappa shape index (κ3) is 3.88. The minimum Gasteiger partial charge on any atom is -0.493 e. The molecule has 17 heavy (non-hydrogen) atoms. The zero-order valence-electron chi connectivity index (χ0n) is 10.4. The van der Waals surface area contributed by atoms with Crippen molar-refractivity contribution in [2.45, 2.75) is 39.0 Å². The summed E-state index contributed by atoms with van der Waals surface area (Å²) in [7, 11) is 0. The number of benzene rings is 1. The van der Waals surface area contributed by atoms with E-state index in [9.17, 15) is 4.79 Å². The molecule has 1 saturated carbocycles. The summed E-state index contributed by atoms with van der Waals surface area (Å²) in [4.78, 5) is 11.6. The Morgan fingerprint density at radius 3 is 2.88 bits per heavy atom. The molecule has 0 saturated heterocycles. The Hall–Kier alpha value is -1.31. The number of hydrogen-bond acceptors (Lipinski definition) is 2. The first kappa shape index (κ1) is 12.2. The summed E-state index contributed by atoms with van der Waals surface area (Å²) in [5.41, 5.74) is 1.18. The van der Waals surface area contributed by atoms with Gasteiger partial charge in [0.2, 0.25) is 0 Å².